The van der Waals surface area contributed by atoms with Crippen LogP contribution in [0.3, 0.4) is 0 Å². The highest BCUT2D eigenvalue weighted by molar-refractivity contribution is 7.22. The Bertz CT molecular complexity index is 3090. The van der Waals surface area contributed by atoms with Gasteiger partial charge < -0.3 is 4.90 Å². The van der Waals surface area contributed by atoms with Gasteiger partial charge >= 0.3 is 0 Å². The average molecular weight is 716 g/mol. The van der Waals surface area contributed by atoms with E-state index in [-0.39, 0.29) is 5.41 Å². The Balaban J connectivity index is 1.00. The van der Waals surface area contributed by atoms with Gasteiger partial charge in [0.25, 0.3) is 0 Å². The third-order valence-corrected chi connectivity index (χ3v) is 13.2. The van der Waals surface area contributed by atoms with Crippen LogP contribution < -0.4 is 4.90 Å². The predicted molar refractivity (Wildman–Crippen MR) is 233 cm³/mol. The summed E-state index contributed by atoms with van der Waals surface area (Å²) in [5.74, 6) is 0. The third-order valence-electron chi connectivity index (χ3n) is 12.0. The number of anilines is 3. The summed E-state index contributed by atoms with van der Waals surface area (Å²) < 4.78 is 1.35. The molecule has 0 bridgehead atoms. The quantitative estimate of drug-likeness (QED) is 0.175. The standard InChI is InChI=1S/C53H33NS/c1-3-13-37-31-41(28-23-34(37)11-1)54(42-29-24-35-12-2-4-14-38(35)32-42)40-26-21-36(22-27-40)39-25-30-49-46(33-39)43-15-5-8-18-47(43)53(49)48-19-9-6-16-44(48)52-51(53)45-17-7-10-20-50(45)55-52/h1-33H. The van der Waals surface area contributed by atoms with Crippen molar-refractivity contribution in [2.75, 3.05) is 4.90 Å². The van der Waals surface area contributed by atoms with Crippen LogP contribution in [-0.2, 0) is 5.41 Å². The largest absolute Gasteiger partial charge is 0.310 e. The molecule has 1 spiro atoms. The second kappa shape index (κ2) is 11.6. The van der Waals surface area contributed by atoms with E-state index in [1.807, 2.05) is 11.3 Å². The Morgan fingerprint density at radius 1 is 0.364 bits per heavy atom. The molecular formula is C53H33NS. The van der Waals surface area contributed by atoms with E-state index in [0.717, 1.165) is 17.1 Å². The number of rotatable bonds is 4. The summed E-state index contributed by atoms with van der Waals surface area (Å²) >= 11 is 1.94. The first-order valence-electron chi connectivity index (χ1n) is 19.0. The number of hydrogen-bond donors (Lipinski definition) is 0. The molecule has 1 atom stereocenters. The summed E-state index contributed by atoms with van der Waals surface area (Å²) in [5, 5.41) is 6.30. The fourth-order valence-corrected chi connectivity index (χ4v) is 11.0. The summed E-state index contributed by atoms with van der Waals surface area (Å²) in [6, 6.07) is 74.3. The minimum absolute atomic E-state index is 0.347. The van der Waals surface area contributed by atoms with Gasteiger partial charge in [-0.15, -0.1) is 11.3 Å². The normalized spacial score (nSPS) is 15.0. The molecule has 10 aromatic rings. The molecule has 0 fully saturated rings. The van der Waals surface area contributed by atoms with Gasteiger partial charge in [-0.1, -0.05) is 152 Å². The highest BCUT2D eigenvalue weighted by Gasteiger charge is 2.53. The van der Waals surface area contributed by atoms with Crippen molar-refractivity contribution in [1.82, 2.24) is 0 Å². The maximum Gasteiger partial charge on any atom is 0.0740 e. The summed E-state index contributed by atoms with van der Waals surface area (Å²) in [6.45, 7) is 0. The Labute approximate surface area is 324 Å². The van der Waals surface area contributed by atoms with Crippen LogP contribution in [0.5, 0.6) is 0 Å². The van der Waals surface area contributed by atoms with Gasteiger partial charge in [-0.05, 0) is 126 Å². The van der Waals surface area contributed by atoms with Crippen molar-refractivity contribution in [1.29, 1.82) is 0 Å². The smallest absolute Gasteiger partial charge is 0.0740 e. The number of fused-ring (bicyclic) bond motifs is 14. The molecule has 0 saturated heterocycles. The van der Waals surface area contributed by atoms with Gasteiger partial charge in [-0.2, -0.15) is 0 Å². The lowest BCUT2D eigenvalue weighted by molar-refractivity contribution is 0.803. The second-order valence-electron chi connectivity index (χ2n) is 14.8. The maximum absolute atomic E-state index is 2.44. The van der Waals surface area contributed by atoms with Gasteiger partial charge in [0.05, 0.1) is 5.41 Å². The van der Waals surface area contributed by atoms with E-state index in [2.05, 4.69) is 205 Å². The first-order valence-corrected chi connectivity index (χ1v) is 19.8. The molecule has 0 radical (unpaired) electrons. The van der Waals surface area contributed by atoms with Gasteiger partial charge in [0.2, 0.25) is 0 Å². The number of thiophene rings is 1. The van der Waals surface area contributed by atoms with Gasteiger partial charge in [0, 0.05) is 26.6 Å². The average Bonchev–Trinajstić information content (AvgIpc) is 3.87. The lowest BCUT2D eigenvalue weighted by atomic mass is 9.70. The minimum Gasteiger partial charge on any atom is -0.310 e. The lowest BCUT2D eigenvalue weighted by Crippen LogP contribution is -2.25. The van der Waals surface area contributed by atoms with Crippen LogP contribution in [-0.4, -0.2) is 0 Å². The fourth-order valence-electron chi connectivity index (χ4n) is 9.66. The zero-order chi connectivity index (χ0) is 36.1. The van der Waals surface area contributed by atoms with Gasteiger partial charge in [0.1, 0.15) is 0 Å². The molecule has 2 heteroatoms. The van der Waals surface area contributed by atoms with Crippen LogP contribution >= 0.6 is 11.3 Å². The first kappa shape index (κ1) is 30.7. The highest BCUT2D eigenvalue weighted by atomic mass is 32.1. The fraction of sp³-hybridized carbons (Fsp3) is 0.0189. The van der Waals surface area contributed by atoms with E-state index in [1.54, 1.807) is 0 Å². The van der Waals surface area contributed by atoms with Gasteiger partial charge in [-0.3, -0.25) is 0 Å². The molecule has 1 heterocycles. The summed E-state index contributed by atoms with van der Waals surface area (Å²) in [6.07, 6.45) is 0. The number of hydrogen-bond acceptors (Lipinski definition) is 2. The van der Waals surface area contributed by atoms with Crippen molar-refractivity contribution in [3.05, 3.63) is 222 Å². The lowest BCUT2D eigenvalue weighted by Gasteiger charge is -2.30. The molecule has 9 aromatic carbocycles. The molecule has 1 nitrogen and oxygen atoms in total. The molecule has 2 aliphatic carbocycles. The number of nitrogens with zero attached hydrogens (tertiary/aromatic N) is 1. The summed E-state index contributed by atoms with van der Waals surface area (Å²) in [4.78, 5) is 3.78. The van der Waals surface area contributed by atoms with Crippen LogP contribution in [0, 0.1) is 0 Å². The molecule has 1 unspecified atom stereocenters. The molecule has 12 rings (SSSR count). The maximum atomic E-state index is 2.44. The van der Waals surface area contributed by atoms with E-state index in [4.69, 9.17) is 0 Å². The molecule has 256 valence electrons. The van der Waals surface area contributed by atoms with Crippen LogP contribution in [0.25, 0.3) is 64.3 Å². The SMILES string of the molecule is c1ccc2c(c1)-c1cc(-c3ccc(N(c4ccc5ccccc5c4)c4ccc5ccccc5c4)cc3)ccc1C21c2ccccc2-c2sc3ccccc3c21. The van der Waals surface area contributed by atoms with Gasteiger partial charge in [0.15, 0.2) is 0 Å². The first-order chi connectivity index (χ1) is 27.3. The number of benzene rings is 9. The highest BCUT2D eigenvalue weighted by Crippen LogP contribution is 2.66. The Hall–Kier alpha value is -6.74. The van der Waals surface area contributed by atoms with Gasteiger partial charge in [-0.25, -0.2) is 0 Å². The minimum atomic E-state index is -0.347. The second-order valence-corrected chi connectivity index (χ2v) is 15.9. The van der Waals surface area contributed by atoms with E-state index in [9.17, 15) is 0 Å². The van der Waals surface area contributed by atoms with Crippen LogP contribution in [0.15, 0.2) is 200 Å². The molecule has 0 amide bonds. The zero-order valence-electron chi connectivity index (χ0n) is 29.9. The van der Waals surface area contributed by atoms with Crippen molar-refractivity contribution in [2.24, 2.45) is 0 Å². The van der Waals surface area contributed by atoms with Crippen LogP contribution in [0.1, 0.15) is 22.3 Å². The molecule has 55 heavy (non-hydrogen) atoms. The van der Waals surface area contributed by atoms with Crippen molar-refractivity contribution in [2.45, 2.75) is 5.41 Å². The van der Waals surface area contributed by atoms with E-state index >= 15 is 0 Å². The molecule has 1 aromatic heterocycles. The molecule has 0 aliphatic heterocycles. The molecule has 2 aliphatic rings. The van der Waals surface area contributed by atoms with E-state index in [1.165, 1.54) is 86.6 Å². The Morgan fingerprint density at radius 2 is 0.891 bits per heavy atom. The summed E-state index contributed by atoms with van der Waals surface area (Å²) in [7, 11) is 0. The third kappa shape index (κ3) is 4.35. The zero-order valence-corrected chi connectivity index (χ0v) is 30.7. The van der Waals surface area contributed by atoms with Crippen molar-refractivity contribution >= 4 is 60.0 Å². The van der Waals surface area contributed by atoms with Crippen molar-refractivity contribution < 1.29 is 0 Å². The van der Waals surface area contributed by atoms with E-state index in [0.29, 0.717) is 0 Å². The van der Waals surface area contributed by atoms with Crippen molar-refractivity contribution in [3.8, 4) is 32.7 Å². The van der Waals surface area contributed by atoms with Crippen LogP contribution in [0.4, 0.5) is 17.1 Å². The Morgan fingerprint density at radius 3 is 1.60 bits per heavy atom. The molecule has 0 saturated carbocycles. The topological polar surface area (TPSA) is 3.24 Å². The summed E-state index contributed by atoms with van der Waals surface area (Å²) in [5.41, 5.74) is 15.1. The van der Waals surface area contributed by atoms with E-state index < -0.39 is 0 Å². The monoisotopic (exact) mass is 715 g/mol. The molecular weight excluding hydrogens is 683 g/mol. The predicted octanol–water partition coefficient (Wildman–Crippen LogP) is 14.7. The van der Waals surface area contributed by atoms with Crippen molar-refractivity contribution in [3.63, 3.8) is 0 Å². The Kier molecular flexibility index (Phi) is 6.49. The molecule has 0 N–H and O–H groups in total. The van der Waals surface area contributed by atoms with Crippen LogP contribution in [0.2, 0.25) is 0 Å².